The number of benzene rings is 1. The fourth-order valence-corrected chi connectivity index (χ4v) is 1.98. The number of aryl methyl sites for hydroxylation is 1. The molecule has 1 aromatic rings. The molecular formula is C13H16N2O2. The number of anilines is 1. The van der Waals surface area contributed by atoms with Gasteiger partial charge in [0.2, 0.25) is 11.8 Å². The third kappa shape index (κ3) is 2.46. The minimum Gasteiger partial charge on any atom is -0.345 e. The Labute approximate surface area is 101 Å². The Morgan fingerprint density at radius 2 is 2.12 bits per heavy atom. The van der Waals surface area contributed by atoms with Crippen molar-refractivity contribution in [2.75, 3.05) is 11.4 Å². The first-order valence-corrected chi connectivity index (χ1v) is 5.75. The van der Waals surface area contributed by atoms with Crippen LogP contribution >= 0.6 is 0 Å². The van der Waals surface area contributed by atoms with Gasteiger partial charge in [0.15, 0.2) is 0 Å². The first-order valence-electron chi connectivity index (χ1n) is 5.75. The smallest absolute Gasteiger partial charge is 0.249 e. The number of amides is 2. The quantitative estimate of drug-likeness (QED) is 0.792. The summed E-state index contributed by atoms with van der Waals surface area (Å²) in [5.41, 5.74) is 1.96. The molecular weight excluding hydrogens is 216 g/mol. The van der Waals surface area contributed by atoms with Crippen LogP contribution in [-0.4, -0.2) is 24.4 Å². The summed E-state index contributed by atoms with van der Waals surface area (Å²) in [6.45, 7) is 4.14. The molecule has 1 N–H and O–H groups in total. The number of rotatable bonds is 1. The summed E-state index contributed by atoms with van der Waals surface area (Å²) in [6.07, 6.45) is 0.351. The van der Waals surface area contributed by atoms with E-state index in [1.54, 1.807) is 11.8 Å². The zero-order valence-corrected chi connectivity index (χ0v) is 10.1. The van der Waals surface area contributed by atoms with Gasteiger partial charge in [-0.15, -0.1) is 0 Å². The second-order valence-electron chi connectivity index (χ2n) is 4.37. The van der Waals surface area contributed by atoms with Gasteiger partial charge in [0, 0.05) is 18.7 Å². The van der Waals surface area contributed by atoms with E-state index >= 15 is 0 Å². The lowest BCUT2D eigenvalue weighted by Crippen LogP contribution is -2.42. The molecule has 1 saturated heterocycles. The molecule has 2 rings (SSSR count). The number of nitrogens with one attached hydrogen (secondary N) is 1. The normalized spacial score (nSPS) is 21.1. The van der Waals surface area contributed by atoms with Crippen LogP contribution in [0.4, 0.5) is 5.69 Å². The predicted octanol–water partition coefficient (Wildman–Crippen LogP) is 1.24. The van der Waals surface area contributed by atoms with Crippen molar-refractivity contribution in [2.24, 2.45) is 0 Å². The van der Waals surface area contributed by atoms with E-state index in [1.165, 1.54) is 0 Å². The molecule has 1 aliphatic rings. The van der Waals surface area contributed by atoms with Crippen LogP contribution in [0.1, 0.15) is 18.9 Å². The molecule has 17 heavy (non-hydrogen) atoms. The molecule has 0 spiro atoms. The molecule has 1 unspecified atom stereocenters. The van der Waals surface area contributed by atoms with E-state index in [9.17, 15) is 9.59 Å². The highest BCUT2D eigenvalue weighted by Gasteiger charge is 2.27. The summed E-state index contributed by atoms with van der Waals surface area (Å²) < 4.78 is 0. The van der Waals surface area contributed by atoms with Gasteiger partial charge in [-0.05, 0) is 31.5 Å². The number of nitrogens with zero attached hydrogens (tertiary/aromatic N) is 1. The number of carbonyl (C=O) groups is 2. The number of carbonyl (C=O) groups excluding carboxylic acids is 2. The largest absolute Gasteiger partial charge is 0.345 e. The Bertz CT molecular complexity index is 456. The molecule has 0 saturated carbocycles. The van der Waals surface area contributed by atoms with Gasteiger partial charge < -0.3 is 10.2 Å². The second kappa shape index (κ2) is 4.57. The molecule has 1 aliphatic heterocycles. The van der Waals surface area contributed by atoms with E-state index in [-0.39, 0.29) is 11.8 Å². The number of hydrogen-bond acceptors (Lipinski definition) is 2. The van der Waals surface area contributed by atoms with Crippen LogP contribution in [0.15, 0.2) is 24.3 Å². The van der Waals surface area contributed by atoms with Crippen molar-refractivity contribution in [3.8, 4) is 0 Å². The zero-order chi connectivity index (χ0) is 12.4. The van der Waals surface area contributed by atoms with E-state index in [0.29, 0.717) is 13.0 Å². The molecule has 0 radical (unpaired) electrons. The maximum absolute atomic E-state index is 12.1. The second-order valence-corrected chi connectivity index (χ2v) is 4.37. The minimum absolute atomic E-state index is 0.0542. The first kappa shape index (κ1) is 11.6. The lowest BCUT2D eigenvalue weighted by molar-refractivity contribution is -0.125. The Hall–Kier alpha value is -1.84. The molecule has 0 bridgehead atoms. The summed E-state index contributed by atoms with van der Waals surface area (Å²) in [5.74, 6) is -0.123. The van der Waals surface area contributed by atoms with E-state index in [1.807, 2.05) is 31.2 Å². The molecule has 4 heteroatoms. The van der Waals surface area contributed by atoms with E-state index in [2.05, 4.69) is 5.32 Å². The van der Waals surface area contributed by atoms with Crippen LogP contribution in [0.5, 0.6) is 0 Å². The highest BCUT2D eigenvalue weighted by atomic mass is 16.2. The van der Waals surface area contributed by atoms with Crippen LogP contribution < -0.4 is 10.2 Å². The van der Waals surface area contributed by atoms with E-state index < -0.39 is 6.04 Å². The minimum atomic E-state index is -0.453. The summed E-state index contributed by atoms with van der Waals surface area (Å²) in [5, 5.41) is 2.68. The summed E-state index contributed by atoms with van der Waals surface area (Å²) in [7, 11) is 0. The molecule has 2 amide bonds. The van der Waals surface area contributed by atoms with Crippen molar-refractivity contribution >= 4 is 17.5 Å². The number of hydrogen-bond donors (Lipinski definition) is 1. The van der Waals surface area contributed by atoms with Crippen molar-refractivity contribution < 1.29 is 9.59 Å². The Kier molecular flexibility index (Phi) is 3.13. The molecule has 0 aliphatic carbocycles. The summed E-state index contributed by atoms with van der Waals surface area (Å²) >= 11 is 0. The fraction of sp³-hybridized carbons (Fsp3) is 0.385. The van der Waals surface area contributed by atoms with Gasteiger partial charge in [0.1, 0.15) is 6.04 Å². The van der Waals surface area contributed by atoms with E-state index in [4.69, 9.17) is 0 Å². The third-order valence-electron chi connectivity index (χ3n) is 2.89. The lowest BCUT2D eigenvalue weighted by Gasteiger charge is -2.22. The summed E-state index contributed by atoms with van der Waals surface area (Å²) in [6, 6.07) is 7.31. The topological polar surface area (TPSA) is 49.4 Å². The molecule has 4 nitrogen and oxygen atoms in total. The highest BCUT2D eigenvalue weighted by molar-refractivity contribution is 6.01. The standard InChI is InChI=1S/C13H16N2O2/c1-9-4-3-5-11(8-9)15-7-6-12(16)14-10(2)13(15)17/h3-5,8,10H,6-7H2,1-2H3,(H,14,16). The lowest BCUT2D eigenvalue weighted by atomic mass is 10.2. The average Bonchev–Trinajstić information content (AvgIpc) is 2.40. The van der Waals surface area contributed by atoms with Crippen molar-refractivity contribution in [3.05, 3.63) is 29.8 Å². The van der Waals surface area contributed by atoms with Crippen LogP contribution in [0.2, 0.25) is 0 Å². The molecule has 1 aromatic carbocycles. The molecule has 0 aromatic heterocycles. The highest BCUT2D eigenvalue weighted by Crippen LogP contribution is 2.18. The van der Waals surface area contributed by atoms with Gasteiger partial charge in [-0.1, -0.05) is 12.1 Å². The molecule has 1 fully saturated rings. The van der Waals surface area contributed by atoms with Crippen LogP contribution in [0, 0.1) is 6.92 Å². The summed E-state index contributed by atoms with van der Waals surface area (Å²) in [4.78, 5) is 25.2. The monoisotopic (exact) mass is 232 g/mol. The van der Waals surface area contributed by atoms with Gasteiger partial charge >= 0.3 is 0 Å². The Morgan fingerprint density at radius 1 is 1.35 bits per heavy atom. The fourth-order valence-electron chi connectivity index (χ4n) is 1.98. The van der Waals surface area contributed by atoms with Gasteiger partial charge in [-0.3, -0.25) is 9.59 Å². The van der Waals surface area contributed by atoms with Crippen LogP contribution in [0.3, 0.4) is 0 Å². The molecule has 90 valence electrons. The first-order chi connectivity index (χ1) is 8.08. The van der Waals surface area contributed by atoms with Gasteiger partial charge in [-0.25, -0.2) is 0 Å². The maximum Gasteiger partial charge on any atom is 0.249 e. The van der Waals surface area contributed by atoms with Crippen LogP contribution in [-0.2, 0) is 9.59 Å². The Morgan fingerprint density at radius 3 is 2.82 bits per heavy atom. The predicted molar refractivity (Wildman–Crippen MR) is 65.8 cm³/mol. The molecule has 1 atom stereocenters. The van der Waals surface area contributed by atoms with E-state index in [0.717, 1.165) is 11.3 Å². The average molecular weight is 232 g/mol. The zero-order valence-electron chi connectivity index (χ0n) is 10.1. The maximum atomic E-state index is 12.1. The Balaban J connectivity index is 2.30. The molecule has 1 heterocycles. The van der Waals surface area contributed by atoms with Gasteiger partial charge in [0.25, 0.3) is 0 Å². The van der Waals surface area contributed by atoms with Gasteiger partial charge in [-0.2, -0.15) is 0 Å². The third-order valence-corrected chi connectivity index (χ3v) is 2.89. The van der Waals surface area contributed by atoms with Crippen LogP contribution in [0.25, 0.3) is 0 Å². The SMILES string of the molecule is Cc1cccc(N2CCC(=O)NC(C)C2=O)c1. The van der Waals surface area contributed by atoms with Gasteiger partial charge in [0.05, 0.1) is 0 Å². The van der Waals surface area contributed by atoms with Crippen molar-refractivity contribution in [2.45, 2.75) is 26.3 Å². The van der Waals surface area contributed by atoms with Crippen molar-refractivity contribution in [1.82, 2.24) is 5.32 Å². The van der Waals surface area contributed by atoms with Crippen molar-refractivity contribution in [1.29, 1.82) is 0 Å². The van der Waals surface area contributed by atoms with Crippen molar-refractivity contribution in [3.63, 3.8) is 0 Å².